The first-order chi connectivity index (χ1) is 18.8. The van der Waals surface area contributed by atoms with Gasteiger partial charge in [0.15, 0.2) is 5.78 Å². The molecule has 0 saturated heterocycles. The van der Waals surface area contributed by atoms with Crippen LogP contribution in [0.25, 0.3) is 6.08 Å². The fourth-order valence-corrected chi connectivity index (χ4v) is 4.55. The standard InChI is InChI=1S/C31H24ClFN2O3S/c1-20-10-12-21(13-11-20)29(36)19-39-24-16-14-23(15-17-24)34-31(38)28(18-25-26(32)8-5-9-27(25)33)35-30(37)22-6-3-2-4-7-22/h2-18H,19H2,1H3,(H,34,38)(H,35,37)/b28-18-. The Kier molecular flexibility index (Phi) is 9.31. The van der Waals surface area contributed by atoms with Gasteiger partial charge in [0.2, 0.25) is 0 Å². The summed E-state index contributed by atoms with van der Waals surface area (Å²) < 4.78 is 14.5. The monoisotopic (exact) mass is 558 g/mol. The molecule has 0 fully saturated rings. The van der Waals surface area contributed by atoms with Crippen LogP contribution < -0.4 is 10.6 Å². The van der Waals surface area contributed by atoms with Gasteiger partial charge in [0.05, 0.1) is 10.8 Å². The number of hydrogen-bond donors (Lipinski definition) is 2. The van der Waals surface area contributed by atoms with Crippen molar-refractivity contribution < 1.29 is 18.8 Å². The Bertz CT molecular complexity index is 1500. The van der Waals surface area contributed by atoms with E-state index >= 15 is 0 Å². The van der Waals surface area contributed by atoms with Crippen LogP contribution in [0.3, 0.4) is 0 Å². The highest BCUT2D eigenvalue weighted by molar-refractivity contribution is 8.00. The molecule has 2 N–H and O–H groups in total. The molecular weight excluding hydrogens is 535 g/mol. The Labute approximate surface area is 235 Å². The predicted molar refractivity (Wildman–Crippen MR) is 155 cm³/mol. The number of carbonyl (C=O) groups is 3. The number of Topliss-reactive ketones (excluding diaryl/α,β-unsaturated/α-hetero) is 1. The minimum atomic E-state index is -0.659. The SMILES string of the molecule is Cc1ccc(C(=O)CSc2ccc(NC(=O)/C(=C/c3c(F)cccc3Cl)NC(=O)c3ccccc3)cc2)cc1. The third-order valence-electron chi connectivity index (χ3n) is 5.67. The summed E-state index contributed by atoms with van der Waals surface area (Å²) in [5, 5.41) is 5.37. The zero-order chi connectivity index (χ0) is 27.8. The zero-order valence-electron chi connectivity index (χ0n) is 20.9. The summed E-state index contributed by atoms with van der Waals surface area (Å²) >= 11 is 7.54. The molecule has 0 heterocycles. The maximum absolute atomic E-state index is 14.5. The van der Waals surface area contributed by atoms with Crippen molar-refractivity contribution in [3.05, 3.63) is 136 Å². The molecule has 0 aliphatic rings. The van der Waals surface area contributed by atoms with Gasteiger partial charge < -0.3 is 10.6 Å². The van der Waals surface area contributed by atoms with Crippen molar-refractivity contribution >= 4 is 52.7 Å². The molecule has 0 aliphatic carbocycles. The Hall–Kier alpha value is -4.20. The summed E-state index contributed by atoms with van der Waals surface area (Å²) in [6, 6.07) is 26.9. The maximum Gasteiger partial charge on any atom is 0.272 e. The van der Waals surface area contributed by atoms with Crippen LogP contribution in [-0.4, -0.2) is 23.4 Å². The summed E-state index contributed by atoms with van der Waals surface area (Å²) in [7, 11) is 0. The van der Waals surface area contributed by atoms with Crippen LogP contribution in [0.4, 0.5) is 10.1 Å². The molecule has 8 heteroatoms. The number of aryl methyl sites for hydroxylation is 1. The minimum absolute atomic E-state index is 0.0214. The maximum atomic E-state index is 14.5. The van der Waals surface area contributed by atoms with Crippen LogP contribution in [-0.2, 0) is 4.79 Å². The number of amides is 2. The number of halogens is 2. The molecule has 0 aliphatic heterocycles. The molecule has 5 nitrogen and oxygen atoms in total. The van der Waals surface area contributed by atoms with E-state index < -0.39 is 17.6 Å². The van der Waals surface area contributed by atoms with Crippen molar-refractivity contribution in [3.63, 3.8) is 0 Å². The second-order valence-corrected chi connectivity index (χ2v) is 10.0. The first-order valence-electron chi connectivity index (χ1n) is 12.0. The fourth-order valence-electron chi connectivity index (χ4n) is 3.54. The molecule has 4 aromatic rings. The van der Waals surface area contributed by atoms with Gasteiger partial charge in [-0.2, -0.15) is 0 Å². The predicted octanol–water partition coefficient (Wildman–Crippen LogP) is 7.17. The zero-order valence-corrected chi connectivity index (χ0v) is 22.5. The third kappa shape index (κ3) is 7.66. The number of carbonyl (C=O) groups excluding carboxylic acids is 3. The fraction of sp³-hybridized carbons (Fsp3) is 0.0645. The van der Waals surface area contributed by atoms with Crippen molar-refractivity contribution in [2.45, 2.75) is 11.8 Å². The number of nitrogens with one attached hydrogen (secondary N) is 2. The van der Waals surface area contributed by atoms with Gasteiger partial charge in [0.25, 0.3) is 11.8 Å². The lowest BCUT2D eigenvalue weighted by Gasteiger charge is -2.12. The second kappa shape index (κ2) is 13.0. The highest BCUT2D eigenvalue weighted by Gasteiger charge is 2.17. The van der Waals surface area contributed by atoms with Gasteiger partial charge in [-0.1, -0.05) is 65.7 Å². The number of anilines is 1. The van der Waals surface area contributed by atoms with E-state index in [1.54, 1.807) is 54.6 Å². The molecule has 196 valence electrons. The Balaban J connectivity index is 1.47. The minimum Gasteiger partial charge on any atom is -0.321 e. The Morgan fingerprint density at radius 2 is 1.54 bits per heavy atom. The van der Waals surface area contributed by atoms with Crippen molar-refractivity contribution in [1.82, 2.24) is 5.32 Å². The van der Waals surface area contributed by atoms with Gasteiger partial charge in [0, 0.05) is 27.3 Å². The molecule has 39 heavy (non-hydrogen) atoms. The Morgan fingerprint density at radius 1 is 0.846 bits per heavy atom. The van der Waals surface area contributed by atoms with Crippen LogP contribution in [0.1, 0.15) is 31.8 Å². The number of benzene rings is 4. The molecule has 4 rings (SSSR count). The molecular formula is C31H24ClFN2O3S. The topological polar surface area (TPSA) is 75.3 Å². The van der Waals surface area contributed by atoms with Crippen LogP contribution >= 0.6 is 23.4 Å². The Morgan fingerprint density at radius 3 is 2.21 bits per heavy atom. The average Bonchev–Trinajstić information content (AvgIpc) is 2.94. The molecule has 0 aromatic heterocycles. The molecule has 0 bridgehead atoms. The molecule has 4 aromatic carbocycles. The first-order valence-corrected chi connectivity index (χ1v) is 13.3. The van der Waals surface area contributed by atoms with E-state index in [0.29, 0.717) is 16.8 Å². The number of thioether (sulfide) groups is 1. The normalized spacial score (nSPS) is 11.1. The van der Waals surface area contributed by atoms with Crippen molar-refractivity contribution in [2.75, 3.05) is 11.1 Å². The van der Waals surface area contributed by atoms with E-state index in [-0.39, 0.29) is 27.8 Å². The summed E-state index contributed by atoms with van der Waals surface area (Å²) in [6.07, 6.45) is 1.20. The molecule has 0 atom stereocenters. The second-order valence-electron chi connectivity index (χ2n) is 8.57. The lowest BCUT2D eigenvalue weighted by Crippen LogP contribution is -2.30. The van der Waals surface area contributed by atoms with Crippen molar-refractivity contribution in [2.24, 2.45) is 0 Å². The van der Waals surface area contributed by atoms with Gasteiger partial charge in [-0.3, -0.25) is 14.4 Å². The summed E-state index contributed by atoms with van der Waals surface area (Å²) in [4.78, 5) is 39.2. The third-order valence-corrected chi connectivity index (χ3v) is 7.01. The van der Waals surface area contributed by atoms with Gasteiger partial charge >= 0.3 is 0 Å². The van der Waals surface area contributed by atoms with E-state index in [2.05, 4.69) is 10.6 Å². The molecule has 0 saturated carbocycles. The number of hydrogen-bond acceptors (Lipinski definition) is 4. The van der Waals surface area contributed by atoms with Crippen molar-refractivity contribution in [3.8, 4) is 0 Å². The summed E-state index contributed by atoms with van der Waals surface area (Å²) in [5.41, 5.74) is 2.32. The molecule has 2 amide bonds. The van der Waals surface area contributed by atoms with Crippen LogP contribution in [0.2, 0.25) is 5.02 Å². The van der Waals surface area contributed by atoms with Gasteiger partial charge in [0.1, 0.15) is 11.5 Å². The van der Waals surface area contributed by atoms with Crippen molar-refractivity contribution in [1.29, 1.82) is 0 Å². The number of ketones is 1. The van der Waals surface area contributed by atoms with E-state index in [0.717, 1.165) is 10.5 Å². The van der Waals surface area contributed by atoms with Crippen LogP contribution in [0, 0.1) is 12.7 Å². The van der Waals surface area contributed by atoms with Crippen LogP contribution in [0.15, 0.2) is 108 Å². The lowest BCUT2D eigenvalue weighted by molar-refractivity contribution is -0.113. The van der Waals surface area contributed by atoms with E-state index in [1.165, 1.54) is 36.0 Å². The smallest absolute Gasteiger partial charge is 0.272 e. The van der Waals surface area contributed by atoms with E-state index in [4.69, 9.17) is 11.6 Å². The van der Waals surface area contributed by atoms with Crippen LogP contribution in [0.5, 0.6) is 0 Å². The highest BCUT2D eigenvalue weighted by atomic mass is 35.5. The van der Waals surface area contributed by atoms with E-state index in [1.807, 2.05) is 31.2 Å². The van der Waals surface area contributed by atoms with Gasteiger partial charge in [-0.25, -0.2) is 4.39 Å². The van der Waals surface area contributed by atoms with Gasteiger partial charge in [-0.05, 0) is 61.5 Å². The highest BCUT2D eigenvalue weighted by Crippen LogP contribution is 2.24. The van der Waals surface area contributed by atoms with Gasteiger partial charge in [-0.15, -0.1) is 11.8 Å². The lowest BCUT2D eigenvalue weighted by atomic mass is 10.1. The number of rotatable bonds is 9. The molecule has 0 radical (unpaired) electrons. The quantitative estimate of drug-likeness (QED) is 0.130. The van der Waals surface area contributed by atoms with E-state index in [9.17, 15) is 18.8 Å². The largest absolute Gasteiger partial charge is 0.321 e. The first kappa shape index (κ1) is 27.8. The summed E-state index contributed by atoms with van der Waals surface area (Å²) in [6.45, 7) is 1.97. The molecule has 0 unspecified atom stereocenters. The summed E-state index contributed by atoms with van der Waals surface area (Å²) in [5.74, 6) is -1.53. The molecule has 0 spiro atoms. The average molecular weight is 559 g/mol.